The molecule has 1 atom stereocenters. The van der Waals surface area contributed by atoms with E-state index in [1.807, 2.05) is 6.07 Å². The summed E-state index contributed by atoms with van der Waals surface area (Å²) < 4.78 is 0. The van der Waals surface area contributed by atoms with Crippen LogP contribution in [0.3, 0.4) is 0 Å². The summed E-state index contributed by atoms with van der Waals surface area (Å²) in [6.45, 7) is 0.693. The Balaban J connectivity index is 2.16. The van der Waals surface area contributed by atoms with Gasteiger partial charge in [-0.1, -0.05) is 18.1 Å². The van der Waals surface area contributed by atoms with Crippen molar-refractivity contribution in [3.05, 3.63) is 29.3 Å². The molecule has 0 fully saturated rings. The van der Waals surface area contributed by atoms with Crippen molar-refractivity contribution in [2.75, 3.05) is 13.6 Å². The number of fused-ring (bicyclic) bond motifs is 1. The van der Waals surface area contributed by atoms with Crippen LogP contribution in [0.1, 0.15) is 17.5 Å². The average Bonchev–Trinajstić information content (AvgIpc) is 2.29. The number of phenolic OH excluding ortho intramolecular Hbond substituents is 1. The van der Waals surface area contributed by atoms with Gasteiger partial charge in [0.15, 0.2) is 0 Å². The van der Waals surface area contributed by atoms with Gasteiger partial charge in [-0.05, 0) is 43.5 Å². The smallest absolute Gasteiger partial charge is 0.119 e. The van der Waals surface area contributed by atoms with Gasteiger partial charge in [-0.15, -0.1) is 6.42 Å². The molecule has 0 saturated carbocycles. The van der Waals surface area contributed by atoms with E-state index in [1.54, 1.807) is 6.07 Å². The Morgan fingerprint density at radius 3 is 3.12 bits per heavy atom. The second-order valence-corrected chi connectivity index (χ2v) is 4.43. The quantitative estimate of drug-likeness (QED) is 0.761. The van der Waals surface area contributed by atoms with E-state index >= 15 is 0 Å². The second-order valence-electron chi connectivity index (χ2n) is 4.43. The third-order valence-corrected chi connectivity index (χ3v) is 3.40. The lowest BCUT2D eigenvalue weighted by Crippen LogP contribution is -2.36. The van der Waals surface area contributed by atoms with Crippen molar-refractivity contribution in [3.63, 3.8) is 0 Å². The van der Waals surface area contributed by atoms with Gasteiger partial charge in [0.25, 0.3) is 0 Å². The average molecular weight is 215 g/mol. The molecule has 1 N–H and O–H groups in total. The van der Waals surface area contributed by atoms with Crippen molar-refractivity contribution in [2.45, 2.75) is 25.3 Å². The van der Waals surface area contributed by atoms with Crippen LogP contribution in [-0.4, -0.2) is 29.6 Å². The summed E-state index contributed by atoms with van der Waals surface area (Å²) >= 11 is 0. The summed E-state index contributed by atoms with van der Waals surface area (Å²) in [6, 6.07) is 6.29. The number of hydrogen-bond acceptors (Lipinski definition) is 2. The SMILES string of the molecule is C#CCN(C)C1CCc2c(O)cccc2C1. The summed E-state index contributed by atoms with van der Waals surface area (Å²) in [5.74, 6) is 3.12. The number of likely N-dealkylation sites (N-methyl/N-ethyl adjacent to an activating group) is 1. The molecule has 16 heavy (non-hydrogen) atoms. The van der Waals surface area contributed by atoms with Crippen LogP contribution >= 0.6 is 0 Å². The van der Waals surface area contributed by atoms with Gasteiger partial charge in [0.05, 0.1) is 6.54 Å². The highest BCUT2D eigenvalue weighted by molar-refractivity contribution is 5.41. The van der Waals surface area contributed by atoms with Crippen molar-refractivity contribution in [3.8, 4) is 18.1 Å². The molecule has 0 amide bonds. The van der Waals surface area contributed by atoms with Crippen LogP contribution in [0, 0.1) is 12.3 Å². The van der Waals surface area contributed by atoms with E-state index in [4.69, 9.17) is 6.42 Å². The van der Waals surface area contributed by atoms with Crippen LogP contribution in [-0.2, 0) is 12.8 Å². The molecule has 1 unspecified atom stereocenters. The first-order valence-electron chi connectivity index (χ1n) is 5.66. The number of rotatable bonds is 2. The standard InChI is InChI=1S/C14H17NO/c1-3-9-15(2)12-7-8-13-11(10-12)5-4-6-14(13)16/h1,4-6,12,16H,7-10H2,2H3. The van der Waals surface area contributed by atoms with Crippen LogP contribution in [0.2, 0.25) is 0 Å². The molecular weight excluding hydrogens is 198 g/mol. The number of aromatic hydroxyl groups is 1. The van der Waals surface area contributed by atoms with Gasteiger partial charge in [-0.2, -0.15) is 0 Å². The molecule has 84 valence electrons. The minimum atomic E-state index is 0.440. The number of terminal acetylenes is 1. The third kappa shape index (κ3) is 2.05. The molecule has 0 heterocycles. The molecular formula is C14H17NO. The van der Waals surface area contributed by atoms with E-state index in [2.05, 4.69) is 23.9 Å². The van der Waals surface area contributed by atoms with Crippen LogP contribution in [0.25, 0.3) is 0 Å². The Morgan fingerprint density at radius 2 is 2.38 bits per heavy atom. The molecule has 2 nitrogen and oxygen atoms in total. The topological polar surface area (TPSA) is 23.5 Å². The predicted molar refractivity (Wildman–Crippen MR) is 65.4 cm³/mol. The van der Waals surface area contributed by atoms with Gasteiger partial charge in [0, 0.05) is 6.04 Å². The fourth-order valence-electron chi connectivity index (χ4n) is 2.42. The predicted octanol–water partition coefficient (Wildman–Crippen LogP) is 1.81. The maximum Gasteiger partial charge on any atom is 0.119 e. The second kappa shape index (κ2) is 4.59. The van der Waals surface area contributed by atoms with Crippen molar-refractivity contribution >= 4 is 0 Å². The Labute approximate surface area is 96.9 Å². The molecule has 0 saturated heterocycles. The Morgan fingerprint density at radius 1 is 1.56 bits per heavy atom. The van der Waals surface area contributed by atoms with Crippen LogP contribution in [0.4, 0.5) is 0 Å². The van der Waals surface area contributed by atoms with Crippen LogP contribution in [0.5, 0.6) is 5.75 Å². The van der Waals surface area contributed by atoms with Crippen LogP contribution in [0.15, 0.2) is 18.2 Å². The van der Waals surface area contributed by atoms with Crippen molar-refractivity contribution in [2.24, 2.45) is 0 Å². The Hall–Kier alpha value is -1.46. The van der Waals surface area contributed by atoms with E-state index in [0.717, 1.165) is 24.8 Å². The third-order valence-electron chi connectivity index (χ3n) is 3.40. The van der Waals surface area contributed by atoms with Crippen molar-refractivity contribution < 1.29 is 5.11 Å². The summed E-state index contributed by atoms with van der Waals surface area (Å²) in [4.78, 5) is 2.22. The highest BCUT2D eigenvalue weighted by Gasteiger charge is 2.22. The van der Waals surface area contributed by atoms with E-state index < -0.39 is 0 Å². The minimum absolute atomic E-state index is 0.440. The molecule has 1 aliphatic carbocycles. The Bertz CT molecular complexity index is 419. The summed E-state index contributed by atoms with van der Waals surface area (Å²) in [7, 11) is 2.07. The number of phenols is 1. The van der Waals surface area contributed by atoms with E-state index in [0.29, 0.717) is 18.3 Å². The number of hydrogen-bond donors (Lipinski definition) is 1. The van der Waals surface area contributed by atoms with Gasteiger partial charge in [0.1, 0.15) is 5.75 Å². The molecule has 1 aromatic carbocycles. The maximum absolute atomic E-state index is 9.74. The lowest BCUT2D eigenvalue weighted by Gasteiger charge is -2.31. The van der Waals surface area contributed by atoms with Crippen LogP contribution < -0.4 is 0 Å². The molecule has 1 aliphatic rings. The maximum atomic E-state index is 9.74. The van der Waals surface area contributed by atoms with Gasteiger partial charge in [-0.3, -0.25) is 4.90 Å². The fourth-order valence-corrected chi connectivity index (χ4v) is 2.42. The normalized spacial score (nSPS) is 19.2. The molecule has 2 heteroatoms. The van der Waals surface area contributed by atoms with E-state index in [1.165, 1.54) is 5.56 Å². The molecule has 0 aromatic heterocycles. The molecule has 0 aliphatic heterocycles. The molecule has 0 spiro atoms. The highest BCUT2D eigenvalue weighted by atomic mass is 16.3. The summed E-state index contributed by atoms with van der Waals surface area (Å²) in [5.41, 5.74) is 2.38. The highest BCUT2D eigenvalue weighted by Crippen LogP contribution is 2.30. The van der Waals surface area contributed by atoms with Gasteiger partial charge in [-0.25, -0.2) is 0 Å². The van der Waals surface area contributed by atoms with Gasteiger partial charge < -0.3 is 5.11 Å². The van der Waals surface area contributed by atoms with Crippen molar-refractivity contribution in [1.82, 2.24) is 4.90 Å². The lowest BCUT2D eigenvalue weighted by atomic mass is 9.87. The molecule has 1 aromatic rings. The Kier molecular flexibility index (Phi) is 3.17. The van der Waals surface area contributed by atoms with E-state index in [-0.39, 0.29) is 0 Å². The molecule has 2 rings (SSSR count). The first kappa shape index (κ1) is 11.0. The van der Waals surface area contributed by atoms with Gasteiger partial charge >= 0.3 is 0 Å². The minimum Gasteiger partial charge on any atom is -0.508 e. The first-order valence-corrected chi connectivity index (χ1v) is 5.66. The fraction of sp³-hybridized carbons (Fsp3) is 0.429. The summed E-state index contributed by atoms with van der Waals surface area (Å²) in [6.07, 6.45) is 8.33. The van der Waals surface area contributed by atoms with Gasteiger partial charge in [0.2, 0.25) is 0 Å². The summed E-state index contributed by atoms with van der Waals surface area (Å²) in [5, 5.41) is 9.74. The largest absolute Gasteiger partial charge is 0.508 e. The molecule has 0 bridgehead atoms. The van der Waals surface area contributed by atoms with Crippen molar-refractivity contribution in [1.29, 1.82) is 0 Å². The first-order chi connectivity index (χ1) is 7.72. The monoisotopic (exact) mass is 215 g/mol. The molecule has 0 radical (unpaired) electrons. The zero-order valence-corrected chi connectivity index (χ0v) is 9.61. The lowest BCUT2D eigenvalue weighted by molar-refractivity contribution is 0.246. The zero-order valence-electron chi connectivity index (χ0n) is 9.61. The van der Waals surface area contributed by atoms with E-state index in [9.17, 15) is 5.11 Å². The number of benzene rings is 1. The zero-order chi connectivity index (χ0) is 11.5. The number of nitrogens with zero attached hydrogens (tertiary/aromatic N) is 1.